The molecule has 0 aliphatic carbocycles. The van der Waals surface area contributed by atoms with E-state index in [1.54, 1.807) is 37.4 Å². The first-order valence-electron chi connectivity index (χ1n) is 11.1. The molecule has 3 aromatic carbocycles. The number of methoxy groups -OCH3 is 2. The Hall–Kier alpha value is -4.02. The molecule has 1 atom stereocenters. The first-order valence-corrected chi connectivity index (χ1v) is 11.1. The summed E-state index contributed by atoms with van der Waals surface area (Å²) >= 11 is 0. The third-order valence-corrected chi connectivity index (χ3v) is 5.87. The Morgan fingerprint density at radius 1 is 1.06 bits per heavy atom. The van der Waals surface area contributed by atoms with Crippen LogP contribution < -0.4 is 19.7 Å². The minimum Gasteiger partial charge on any atom is -0.493 e. The van der Waals surface area contributed by atoms with Crippen LogP contribution in [0, 0.1) is 11.3 Å². The maximum atomic E-state index is 12.8. The smallest absolute Gasteiger partial charge is 0.255 e. The van der Waals surface area contributed by atoms with E-state index in [4.69, 9.17) is 19.5 Å². The van der Waals surface area contributed by atoms with Crippen molar-refractivity contribution in [3.05, 3.63) is 83.4 Å². The fourth-order valence-electron chi connectivity index (χ4n) is 3.88. The summed E-state index contributed by atoms with van der Waals surface area (Å²) in [7, 11) is 3.28. The molecule has 0 aromatic heterocycles. The van der Waals surface area contributed by atoms with Crippen LogP contribution in [0.4, 0.5) is 11.4 Å². The highest BCUT2D eigenvalue weighted by atomic mass is 16.5. The van der Waals surface area contributed by atoms with Crippen molar-refractivity contribution >= 4 is 17.3 Å². The Kier molecular flexibility index (Phi) is 7.31. The number of benzene rings is 3. The predicted molar refractivity (Wildman–Crippen MR) is 131 cm³/mol. The molecular weight excluding hydrogens is 430 g/mol. The molecule has 3 aromatic rings. The first-order chi connectivity index (χ1) is 16.6. The van der Waals surface area contributed by atoms with Crippen LogP contribution in [-0.4, -0.2) is 39.3 Å². The van der Waals surface area contributed by atoms with E-state index in [0.717, 1.165) is 36.4 Å². The van der Waals surface area contributed by atoms with Gasteiger partial charge in [-0.2, -0.15) is 5.26 Å². The van der Waals surface area contributed by atoms with E-state index in [1.807, 2.05) is 36.4 Å². The van der Waals surface area contributed by atoms with Gasteiger partial charge in [0.15, 0.2) is 11.5 Å². The molecule has 1 fully saturated rings. The van der Waals surface area contributed by atoms with Crippen molar-refractivity contribution in [1.29, 1.82) is 5.26 Å². The second kappa shape index (κ2) is 10.7. The molecule has 34 heavy (non-hydrogen) atoms. The summed E-state index contributed by atoms with van der Waals surface area (Å²) in [6.45, 7) is 2.16. The van der Waals surface area contributed by atoms with Crippen LogP contribution in [0.15, 0.2) is 66.7 Å². The van der Waals surface area contributed by atoms with Crippen LogP contribution >= 0.6 is 0 Å². The molecule has 0 spiro atoms. The molecule has 174 valence electrons. The molecule has 7 nitrogen and oxygen atoms in total. The predicted octanol–water partition coefficient (Wildman–Crippen LogP) is 4.62. The number of amides is 1. The summed E-state index contributed by atoms with van der Waals surface area (Å²) in [5.41, 5.74) is 3.83. The molecule has 0 radical (unpaired) electrons. The van der Waals surface area contributed by atoms with E-state index in [9.17, 15) is 4.79 Å². The van der Waals surface area contributed by atoms with Gasteiger partial charge in [0.05, 0.1) is 24.8 Å². The van der Waals surface area contributed by atoms with Gasteiger partial charge in [0.2, 0.25) is 0 Å². The SMILES string of the molecule is COc1cc(C(=O)Nc2ccc(N3CCC(OC)C3)cc2)ccc1OCc1ccc(C#N)cc1. The lowest BCUT2D eigenvalue weighted by Crippen LogP contribution is -2.22. The van der Waals surface area contributed by atoms with E-state index >= 15 is 0 Å². The summed E-state index contributed by atoms with van der Waals surface area (Å²) in [6, 6.07) is 22.2. The van der Waals surface area contributed by atoms with Crippen molar-refractivity contribution in [3.63, 3.8) is 0 Å². The molecule has 1 saturated heterocycles. The maximum absolute atomic E-state index is 12.8. The number of ether oxygens (including phenoxy) is 3. The van der Waals surface area contributed by atoms with Crippen molar-refractivity contribution < 1.29 is 19.0 Å². The average Bonchev–Trinajstić information content (AvgIpc) is 3.37. The quantitative estimate of drug-likeness (QED) is 0.531. The number of carbonyl (C=O) groups excluding carboxylic acids is 1. The number of nitrogens with zero attached hydrogens (tertiary/aromatic N) is 2. The minimum absolute atomic E-state index is 0.231. The zero-order chi connectivity index (χ0) is 23.9. The maximum Gasteiger partial charge on any atom is 0.255 e. The fourth-order valence-corrected chi connectivity index (χ4v) is 3.88. The van der Waals surface area contributed by atoms with Crippen LogP contribution in [0.3, 0.4) is 0 Å². The van der Waals surface area contributed by atoms with Crippen LogP contribution in [0.5, 0.6) is 11.5 Å². The number of carbonyl (C=O) groups is 1. The van der Waals surface area contributed by atoms with Crippen LogP contribution in [0.2, 0.25) is 0 Å². The van der Waals surface area contributed by atoms with E-state index in [2.05, 4.69) is 16.3 Å². The highest BCUT2D eigenvalue weighted by Gasteiger charge is 2.22. The molecule has 0 saturated carbocycles. The van der Waals surface area contributed by atoms with E-state index in [1.165, 1.54) is 7.11 Å². The Morgan fingerprint density at radius 3 is 2.47 bits per heavy atom. The first kappa shape index (κ1) is 23.1. The van der Waals surface area contributed by atoms with E-state index in [-0.39, 0.29) is 12.0 Å². The summed E-state index contributed by atoms with van der Waals surface area (Å²) in [4.78, 5) is 15.1. The van der Waals surface area contributed by atoms with Gasteiger partial charge in [-0.1, -0.05) is 12.1 Å². The number of rotatable bonds is 8. The standard InChI is InChI=1S/C27H27N3O4/c1-32-24-13-14-30(17-24)23-10-8-22(9-11-23)29-27(31)21-7-12-25(26(15-21)33-2)34-18-20-5-3-19(16-28)4-6-20/h3-12,15,24H,13-14,17-18H2,1-2H3,(H,29,31). The Bertz CT molecular complexity index is 1170. The molecule has 1 amide bonds. The van der Waals surface area contributed by atoms with Gasteiger partial charge < -0.3 is 24.4 Å². The lowest BCUT2D eigenvalue weighted by Gasteiger charge is -2.18. The zero-order valence-corrected chi connectivity index (χ0v) is 19.3. The molecular formula is C27H27N3O4. The van der Waals surface area contributed by atoms with Crippen molar-refractivity contribution in [2.75, 3.05) is 37.5 Å². The summed E-state index contributed by atoms with van der Waals surface area (Å²) in [6.07, 6.45) is 1.29. The summed E-state index contributed by atoms with van der Waals surface area (Å²) < 4.78 is 16.7. The molecule has 1 heterocycles. The number of hydrogen-bond acceptors (Lipinski definition) is 6. The highest BCUT2D eigenvalue weighted by molar-refractivity contribution is 6.04. The fraction of sp³-hybridized carbons (Fsp3) is 0.259. The van der Waals surface area contributed by atoms with Crippen LogP contribution in [0.25, 0.3) is 0 Å². The number of anilines is 2. The average molecular weight is 458 g/mol. The monoisotopic (exact) mass is 457 g/mol. The lowest BCUT2D eigenvalue weighted by molar-refractivity contribution is 0.102. The summed E-state index contributed by atoms with van der Waals surface area (Å²) in [5.74, 6) is 0.774. The largest absolute Gasteiger partial charge is 0.493 e. The molecule has 4 rings (SSSR count). The van der Waals surface area contributed by atoms with Gasteiger partial charge >= 0.3 is 0 Å². The second-order valence-electron chi connectivity index (χ2n) is 8.06. The number of nitrogens with one attached hydrogen (secondary N) is 1. The second-order valence-corrected chi connectivity index (χ2v) is 8.06. The van der Waals surface area contributed by atoms with Gasteiger partial charge in [0.25, 0.3) is 5.91 Å². The van der Waals surface area contributed by atoms with Crippen LogP contribution in [0.1, 0.15) is 27.9 Å². The van der Waals surface area contributed by atoms with E-state index < -0.39 is 0 Å². The van der Waals surface area contributed by atoms with Crippen molar-refractivity contribution in [3.8, 4) is 17.6 Å². The van der Waals surface area contributed by atoms with Crippen LogP contribution in [-0.2, 0) is 11.3 Å². The van der Waals surface area contributed by atoms with Gasteiger partial charge in [-0.3, -0.25) is 4.79 Å². The zero-order valence-electron chi connectivity index (χ0n) is 19.3. The minimum atomic E-state index is -0.231. The number of hydrogen-bond donors (Lipinski definition) is 1. The van der Waals surface area contributed by atoms with Gasteiger partial charge in [0, 0.05) is 37.1 Å². The van der Waals surface area contributed by atoms with Crippen molar-refractivity contribution in [2.24, 2.45) is 0 Å². The Labute approximate surface area is 199 Å². The molecule has 1 aliphatic heterocycles. The number of nitriles is 1. The van der Waals surface area contributed by atoms with Crippen molar-refractivity contribution in [1.82, 2.24) is 0 Å². The van der Waals surface area contributed by atoms with Gasteiger partial charge in [0.1, 0.15) is 6.61 Å². The van der Waals surface area contributed by atoms with Gasteiger partial charge in [-0.15, -0.1) is 0 Å². The highest BCUT2D eigenvalue weighted by Crippen LogP contribution is 2.29. The third-order valence-electron chi connectivity index (χ3n) is 5.87. The lowest BCUT2D eigenvalue weighted by atomic mass is 10.1. The topological polar surface area (TPSA) is 83.8 Å². The molecule has 0 bridgehead atoms. The Morgan fingerprint density at radius 2 is 1.82 bits per heavy atom. The molecule has 1 aliphatic rings. The van der Waals surface area contributed by atoms with Gasteiger partial charge in [-0.25, -0.2) is 0 Å². The molecule has 7 heteroatoms. The van der Waals surface area contributed by atoms with Crippen molar-refractivity contribution in [2.45, 2.75) is 19.1 Å². The summed E-state index contributed by atoms with van der Waals surface area (Å²) in [5, 5.41) is 11.8. The van der Waals surface area contributed by atoms with Gasteiger partial charge in [-0.05, 0) is 66.6 Å². The Balaban J connectivity index is 1.37. The molecule has 1 N–H and O–H groups in total. The van der Waals surface area contributed by atoms with E-state index in [0.29, 0.717) is 29.2 Å². The normalized spacial score (nSPS) is 15.0. The third kappa shape index (κ3) is 5.48. The molecule has 1 unspecified atom stereocenters.